The van der Waals surface area contributed by atoms with Gasteiger partial charge in [0.15, 0.2) is 0 Å². The molecule has 0 radical (unpaired) electrons. The summed E-state index contributed by atoms with van der Waals surface area (Å²) in [7, 11) is 0. The number of benzene rings is 5. The largest absolute Gasteiger partial charge is 0.508 e. The highest BCUT2D eigenvalue weighted by molar-refractivity contribution is 6.26. The van der Waals surface area contributed by atoms with Crippen LogP contribution in [0.3, 0.4) is 0 Å². The summed E-state index contributed by atoms with van der Waals surface area (Å²) in [6.07, 6.45) is 0. The number of hydrogen-bond acceptors (Lipinski definition) is 1. The third kappa shape index (κ3) is 2.60. The minimum absolute atomic E-state index is 0.253. The number of hydrogen-bond donors (Lipinski definition) is 1. The minimum atomic E-state index is 0.253. The zero-order valence-electron chi connectivity index (χ0n) is 14.6. The van der Waals surface area contributed by atoms with Gasteiger partial charge in [-0.3, -0.25) is 0 Å². The van der Waals surface area contributed by atoms with Gasteiger partial charge in [0.05, 0.1) is 0 Å². The second-order valence-corrected chi connectivity index (χ2v) is 6.62. The summed E-state index contributed by atoms with van der Waals surface area (Å²) in [5, 5.41) is 16.9. The van der Waals surface area contributed by atoms with Crippen LogP contribution in [0, 0.1) is 11.8 Å². The highest BCUT2D eigenvalue weighted by Gasteiger charge is 2.10. The van der Waals surface area contributed by atoms with Crippen molar-refractivity contribution in [3.05, 3.63) is 102 Å². The van der Waals surface area contributed by atoms with E-state index in [1.165, 1.54) is 32.3 Å². The Morgan fingerprint density at radius 2 is 1.00 bits per heavy atom. The van der Waals surface area contributed by atoms with E-state index in [4.69, 9.17) is 0 Å². The SMILES string of the molecule is Oc1ccc(C#Cc2cccc3c4ccccc4c4ccccc4c23)cc1. The van der Waals surface area contributed by atoms with Gasteiger partial charge in [0.2, 0.25) is 0 Å². The van der Waals surface area contributed by atoms with Gasteiger partial charge in [-0.15, -0.1) is 0 Å². The van der Waals surface area contributed by atoms with E-state index in [2.05, 4.69) is 78.6 Å². The van der Waals surface area contributed by atoms with Crippen molar-refractivity contribution >= 4 is 32.3 Å². The average molecular weight is 344 g/mol. The first-order chi connectivity index (χ1) is 13.3. The quantitative estimate of drug-likeness (QED) is 0.260. The zero-order chi connectivity index (χ0) is 18.2. The normalized spacial score (nSPS) is 10.8. The van der Waals surface area contributed by atoms with Gasteiger partial charge in [-0.2, -0.15) is 0 Å². The molecule has 0 atom stereocenters. The van der Waals surface area contributed by atoms with Gasteiger partial charge in [0.25, 0.3) is 0 Å². The second kappa shape index (κ2) is 6.20. The van der Waals surface area contributed by atoms with Crippen molar-refractivity contribution in [2.45, 2.75) is 0 Å². The predicted octanol–water partition coefficient (Wildman–Crippen LogP) is 6.25. The average Bonchev–Trinajstić information content (AvgIpc) is 2.73. The third-order valence-electron chi connectivity index (χ3n) is 4.98. The summed E-state index contributed by atoms with van der Waals surface area (Å²) < 4.78 is 0. The first-order valence-electron chi connectivity index (χ1n) is 8.94. The molecule has 1 nitrogen and oxygen atoms in total. The molecule has 0 fully saturated rings. The maximum atomic E-state index is 9.45. The molecule has 0 bridgehead atoms. The first-order valence-corrected chi connectivity index (χ1v) is 8.94. The van der Waals surface area contributed by atoms with Gasteiger partial charge in [-0.25, -0.2) is 0 Å². The van der Waals surface area contributed by atoms with E-state index in [-0.39, 0.29) is 5.75 Å². The molecule has 126 valence electrons. The number of fused-ring (bicyclic) bond motifs is 6. The van der Waals surface area contributed by atoms with E-state index in [1.54, 1.807) is 12.1 Å². The van der Waals surface area contributed by atoms with Crippen LogP contribution in [-0.2, 0) is 0 Å². The van der Waals surface area contributed by atoms with Crippen molar-refractivity contribution in [3.63, 3.8) is 0 Å². The molecule has 0 aliphatic carbocycles. The summed E-state index contributed by atoms with van der Waals surface area (Å²) in [6.45, 7) is 0. The van der Waals surface area contributed by atoms with Gasteiger partial charge >= 0.3 is 0 Å². The molecule has 0 aliphatic rings. The highest BCUT2D eigenvalue weighted by Crippen LogP contribution is 2.36. The van der Waals surface area contributed by atoms with Crippen LogP contribution in [-0.4, -0.2) is 5.11 Å². The molecule has 1 heteroatoms. The Labute approximate surface area is 157 Å². The predicted molar refractivity (Wildman–Crippen MR) is 113 cm³/mol. The number of phenols is 1. The molecule has 5 rings (SSSR count). The Hall–Kier alpha value is -3.76. The summed E-state index contributed by atoms with van der Waals surface area (Å²) >= 11 is 0. The monoisotopic (exact) mass is 344 g/mol. The van der Waals surface area contributed by atoms with Gasteiger partial charge in [0, 0.05) is 16.5 Å². The fraction of sp³-hybridized carbons (Fsp3) is 0. The molecule has 5 aromatic rings. The molecule has 0 aliphatic heterocycles. The smallest absolute Gasteiger partial charge is 0.115 e. The van der Waals surface area contributed by atoms with E-state index in [0.29, 0.717) is 0 Å². The topological polar surface area (TPSA) is 20.2 Å². The van der Waals surface area contributed by atoms with E-state index < -0.39 is 0 Å². The lowest BCUT2D eigenvalue weighted by Gasteiger charge is -2.11. The second-order valence-electron chi connectivity index (χ2n) is 6.62. The lowest BCUT2D eigenvalue weighted by molar-refractivity contribution is 0.475. The summed E-state index contributed by atoms with van der Waals surface area (Å²) in [5.41, 5.74) is 1.90. The van der Waals surface area contributed by atoms with Crippen LogP contribution in [0.4, 0.5) is 0 Å². The van der Waals surface area contributed by atoms with Crippen molar-refractivity contribution in [1.82, 2.24) is 0 Å². The summed E-state index contributed by atoms with van der Waals surface area (Å²) in [6, 6.07) is 30.4. The lowest BCUT2D eigenvalue weighted by atomic mass is 9.92. The van der Waals surface area contributed by atoms with E-state index in [1.807, 2.05) is 12.1 Å². The Kier molecular flexibility index (Phi) is 3.56. The fourth-order valence-corrected chi connectivity index (χ4v) is 3.74. The molecule has 27 heavy (non-hydrogen) atoms. The van der Waals surface area contributed by atoms with Crippen molar-refractivity contribution in [2.24, 2.45) is 0 Å². The highest BCUT2D eigenvalue weighted by atomic mass is 16.3. The Balaban J connectivity index is 1.86. The molecular formula is C26H16O. The number of phenolic OH excluding ortho intramolecular Hbond substituents is 1. The van der Waals surface area contributed by atoms with Crippen LogP contribution in [0.15, 0.2) is 91.0 Å². The molecule has 0 amide bonds. The van der Waals surface area contributed by atoms with Crippen molar-refractivity contribution in [2.75, 3.05) is 0 Å². The van der Waals surface area contributed by atoms with Gasteiger partial charge < -0.3 is 5.11 Å². The first kappa shape index (κ1) is 15.5. The molecule has 0 saturated carbocycles. The van der Waals surface area contributed by atoms with Gasteiger partial charge in [-0.1, -0.05) is 72.5 Å². The molecular weight excluding hydrogens is 328 g/mol. The van der Waals surface area contributed by atoms with Crippen molar-refractivity contribution in [3.8, 4) is 17.6 Å². The zero-order valence-corrected chi connectivity index (χ0v) is 14.6. The van der Waals surface area contributed by atoms with Crippen LogP contribution >= 0.6 is 0 Å². The van der Waals surface area contributed by atoms with Crippen LogP contribution in [0.2, 0.25) is 0 Å². The lowest BCUT2D eigenvalue weighted by Crippen LogP contribution is -1.86. The molecule has 5 aromatic carbocycles. The molecule has 0 heterocycles. The molecule has 0 unspecified atom stereocenters. The van der Waals surface area contributed by atoms with Crippen LogP contribution < -0.4 is 0 Å². The van der Waals surface area contributed by atoms with Gasteiger partial charge in [0.1, 0.15) is 5.75 Å². The Morgan fingerprint density at radius 1 is 0.481 bits per heavy atom. The molecule has 0 aromatic heterocycles. The number of aromatic hydroxyl groups is 1. The minimum Gasteiger partial charge on any atom is -0.508 e. The molecule has 0 saturated heterocycles. The maximum Gasteiger partial charge on any atom is 0.115 e. The van der Waals surface area contributed by atoms with Crippen LogP contribution in [0.1, 0.15) is 11.1 Å². The fourth-order valence-electron chi connectivity index (χ4n) is 3.74. The van der Waals surface area contributed by atoms with E-state index in [0.717, 1.165) is 11.1 Å². The number of rotatable bonds is 0. The molecule has 1 N–H and O–H groups in total. The van der Waals surface area contributed by atoms with E-state index >= 15 is 0 Å². The van der Waals surface area contributed by atoms with Crippen molar-refractivity contribution in [1.29, 1.82) is 0 Å². The van der Waals surface area contributed by atoms with E-state index in [9.17, 15) is 5.11 Å². The standard InChI is InChI=1S/C26H16O/c27-20-16-13-18(14-17-20)12-15-19-6-5-11-25-23-8-2-1-7-21(23)22-9-3-4-10-24(22)26(19)25/h1-11,13-14,16-17,27H. The summed E-state index contributed by atoms with van der Waals surface area (Å²) in [4.78, 5) is 0. The molecule has 0 spiro atoms. The third-order valence-corrected chi connectivity index (χ3v) is 4.98. The maximum absolute atomic E-state index is 9.45. The van der Waals surface area contributed by atoms with Crippen LogP contribution in [0.5, 0.6) is 5.75 Å². The Bertz CT molecular complexity index is 1320. The summed E-state index contributed by atoms with van der Waals surface area (Å²) in [5.74, 6) is 6.83. The van der Waals surface area contributed by atoms with Gasteiger partial charge in [-0.05, 0) is 57.3 Å². The van der Waals surface area contributed by atoms with Crippen LogP contribution in [0.25, 0.3) is 32.3 Å². The Morgan fingerprint density at radius 3 is 1.63 bits per heavy atom. The van der Waals surface area contributed by atoms with Crippen molar-refractivity contribution < 1.29 is 5.11 Å².